The number of hydrogen-bond acceptors (Lipinski definition) is 10. The lowest BCUT2D eigenvalue weighted by Gasteiger charge is -2.40. The maximum absolute atomic E-state index is 14.2. The van der Waals surface area contributed by atoms with Crippen LogP contribution in [0.4, 0.5) is 17.6 Å². The molecule has 1 N–H and O–H groups in total. The van der Waals surface area contributed by atoms with Crippen molar-refractivity contribution in [3.63, 3.8) is 0 Å². The van der Waals surface area contributed by atoms with Gasteiger partial charge >= 0.3 is 0 Å². The number of Topliss-reactive ketones (excluding diaryl/α,β-unsaturated/α-hetero) is 2. The summed E-state index contributed by atoms with van der Waals surface area (Å²) in [6.07, 6.45) is 3.75. The van der Waals surface area contributed by atoms with E-state index in [0.29, 0.717) is 32.5 Å². The van der Waals surface area contributed by atoms with Gasteiger partial charge in [-0.3, -0.25) is 28.8 Å². The van der Waals surface area contributed by atoms with E-state index in [1.807, 2.05) is 88.4 Å². The molecule has 2 spiro atoms. The van der Waals surface area contributed by atoms with Gasteiger partial charge in [-0.25, -0.2) is 17.6 Å². The minimum absolute atomic E-state index is 0.00685. The minimum Gasteiger partial charge on any atom is -0.483 e. The molecule has 2 aliphatic heterocycles. The fourth-order valence-corrected chi connectivity index (χ4v) is 11.0. The van der Waals surface area contributed by atoms with Crippen molar-refractivity contribution in [3.8, 4) is 11.5 Å². The van der Waals surface area contributed by atoms with E-state index >= 15 is 0 Å². The molecule has 0 radical (unpaired) electrons. The highest BCUT2D eigenvalue weighted by Crippen LogP contribution is 2.55. The molecule has 14 nitrogen and oxygen atoms in total. The van der Waals surface area contributed by atoms with Crippen LogP contribution in [0.1, 0.15) is 117 Å². The molecule has 10 rings (SSSR count). The van der Waals surface area contributed by atoms with Gasteiger partial charge in [0, 0.05) is 88.1 Å². The van der Waals surface area contributed by atoms with E-state index < -0.39 is 56.8 Å². The molecule has 2 aromatic heterocycles. The van der Waals surface area contributed by atoms with E-state index in [9.17, 15) is 51.4 Å². The number of carbonyl (C=O) groups is 4. The molecule has 18 heteroatoms. The molecule has 79 heavy (non-hydrogen) atoms. The zero-order valence-corrected chi connectivity index (χ0v) is 44.6. The van der Waals surface area contributed by atoms with Crippen molar-refractivity contribution < 1.29 is 56.1 Å². The van der Waals surface area contributed by atoms with Gasteiger partial charge in [0.25, 0.3) is 11.8 Å². The van der Waals surface area contributed by atoms with Gasteiger partial charge in [-0.15, -0.1) is 0 Å². The summed E-state index contributed by atoms with van der Waals surface area (Å²) in [4.78, 5) is 85.2. The van der Waals surface area contributed by atoms with E-state index in [0.717, 1.165) is 35.4 Å². The fraction of sp³-hybridized carbons (Fsp3) is 0.377. The molecule has 2 saturated carbocycles. The molecule has 414 valence electrons. The lowest BCUT2D eigenvalue weighted by Crippen LogP contribution is -2.52. The third-order valence-corrected chi connectivity index (χ3v) is 15.7. The van der Waals surface area contributed by atoms with Gasteiger partial charge in [-0.1, -0.05) is 72.8 Å². The summed E-state index contributed by atoms with van der Waals surface area (Å²) < 4.78 is 75.9. The van der Waals surface area contributed by atoms with Gasteiger partial charge in [-0.2, -0.15) is 0 Å². The summed E-state index contributed by atoms with van der Waals surface area (Å²) in [6, 6.07) is 24.4. The molecule has 2 amide bonds. The smallest absolute Gasteiger partial charge is 0.274 e. The number of ether oxygens (including phenoxy) is 3. The van der Waals surface area contributed by atoms with Gasteiger partial charge in [0.05, 0.1) is 28.8 Å². The van der Waals surface area contributed by atoms with Crippen LogP contribution in [0.25, 0.3) is 0 Å². The Hall–Kier alpha value is -7.70. The Labute approximate surface area is 454 Å². The molecule has 0 bridgehead atoms. The molecule has 4 heterocycles. The first kappa shape index (κ1) is 56.0. The monoisotopic (exact) mass is 1090 g/mol. The van der Waals surface area contributed by atoms with E-state index in [2.05, 4.69) is 0 Å². The Kier molecular flexibility index (Phi) is 16.3. The third kappa shape index (κ3) is 11.2. The van der Waals surface area contributed by atoms with Crippen LogP contribution >= 0.6 is 0 Å². The van der Waals surface area contributed by atoms with Crippen LogP contribution in [0.15, 0.2) is 119 Å². The number of aliphatic hydroxyl groups is 1. The Morgan fingerprint density at radius 2 is 1.01 bits per heavy atom. The SMILES string of the molecule is CC(C)N1C[C@]2(C[C@H]2CO)n2cc(C(=O)CCc3ccc(F)cc3F)c(=O)c(OCc3ccccc3)c2C1=O.COC[C@@H]1C[C@]12CN(C(C)C)C(=O)c1c(OCc3ccccc3)c(=O)c(C(=O)CCc3ccc(F)cc3F)cn12. The van der Waals surface area contributed by atoms with E-state index in [4.69, 9.17) is 14.2 Å². The number of rotatable bonds is 19. The summed E-state index contributed by atoms with van der Waals surface area (Å²) >= 11 is 0. The van der Waals surface area contributed by atoms with E-state index in [-0.39, 0.29) is 126 Å². The standard InChI is InChI=1S/C31H32F2N2O5.C30H30F2N2O5/c1-19(2)34-18-31(14-22(31)17-39-3)35-15-24(26(36)12-10-21-9-11-23(32)13-25(21)33)28(37)29(27(35)30(34)38)40-16-20-7-5-4-6-8-20;1-18(2)33-17-30(13-21(30)15-35)34-14-23(25(36)11-9-20-8-10-22(31)12-24(20)32)27(37)28(26(34)29(33)38)39-16-19-6-4-3-5-7-19/h4-9,11,13,15,19,22H,10,12,14,16-18H2,1-3H3;3-8,10,12,14,18,21,35H,9,11,13,15-17H2,1-2H3/t22-,31-;21-,30-/m00/s1. The van der Waals surface area contributed by atoms with Gasteiger partial charge in [0.1, 0.15) is 36.5 Å². The Morgan fingerprint density at radius 1 is 0.608 bits per heavy atom. The lowest BCUT2D eigenvalue weighted by atomic mass is 9.99. The number of hydrogen-bond donors (Lipinski definition) is 1. The van der Waals surface area contributed by atoms with Crippen molar-refractivity contribution in [2.24, 2.45) is 11.8 Å². The van der Waals surface area contributed by atoms with Crippen LogP contribution in [0.3, 0.4) is 0 Å². The molecule has 2 fully saturated rings. The summed E-state index contributed by atoms with van der Waals surface area (Å²) in [5.41, 5.74) is -0.792. The van der Waals surface area contributed by atoms with Crippen molar-refractivity contribution in [2.45, 2.75) is 103 Å². The van der Waals surface area contributed by atoms with E-state index in [1.54, 1.807) is 26.0 Å². The van der Waals surface area contributed by atoms with Crippen LogP contribution in [0.2, 0.25) is 0 Å². The zero-order chi connectivity index (χ0) is 56.5. The fourth-order valence-electron chi connectivity index (χ4n) is 11.0. The molecule has 6 aromatic rings. The number of fused-ring (bicyclic) bond motifs is 4. The zero-order valence-electron chi connectivity index (χ0n) is 44.6. The molecule has 4 aromatic carbocycles. The minimum atomic E-state index is -0.765. The molecular weight excluding hydrogens is 1020 g/mol. The van der Waals surface area contributed by atoms with Gasteiger partial charge in [-0.05, 0) is 87.8 Å². The number of halogens is 4. The number of methoxy groups -OCH3 is 1. The molecule has 2 aliphatic carbocycles. The van der Waals surface area contributed by atoms with Gasteiger partial charge < -0.3 is 38.3 Å². The first-order valence-corrected chi connectivity index (χ1v) is 26.4. The Balaban J connectivity index is 0.000000192. The van der Waals surface area contributed by atoms with E-state index in [1.165, 1.54) is 24.5 Å². The third-order valence-electron chi connectivity index (χ3n) is 15.7. The second-order valence-electron chi connectivity index (χ2n) is 21.4. The highest BCUT2D eigenvalue weighted by Gasteiger charge is 2.62. The second kappa shape index (κ2) is 22.9. The van der Waals surface area contributed by atoms with Crippen molar-refractivity contribution in [2.75, 3.05) is 33.4 Å². The summed E-state index contributed by atoms with van der Waals surface area (Å²) in [7, 11) is 1.62. The predicted molar refractivity (Wildman–Crippen MR) is 284 cm³/mol. The number of aromatic nitrogens is 2. The topological polar surface area (TPSA) is 167 Å². The highest BCUT2D eigenvalue weighted by atomic mass is 19.1. The van der Waals surface area contributed by atoms with Crippen LogP contribution in [-0.4, -0.2) is 92.9 Å². The number of nitrogens with zero attached hydrogens (tertiary/aromatic N) is 4. The molecule has 0 saturated heterocycles. The van der Waals surface area contributed by atoms with Crippen molar-refractivity contribution in [1.29, 1.82) is 0 Å². The number of aliphatic hydroxyl groups excluding tert-OH is 1. The molecule has 0 unspecified atom stereocenters. The quantitative estimate of drug-likeness (QED) is 0.0612. The van der Waals surface area contributed by atoms with Crippen molar-refractivity contribution in [1.82, 2.24) is 18.9 Å². The predicted octanol–water partition coefficient (Wildman–Crippen LogP) is 8.84. The maximum atomic E-state index is 14.2. The number of aryl methyl sites for hydroxylation is 2. The normalized spacial score (nSPS) is 19.8. The van der Waals surface area contributed by atoms with Gasteiger partial charge in [0.15, 0.2) is 34.5 Å². The Bertz CT molecular complexity index is 3440. The highest BCUT2D eigenvalue weighted by molar-refractivity contribution is 6.01. The number of ketones is 2. The van der Waals surface area contributed by atoms with Gasteiger partial charge in [0.2, 0.25) is 10.9 Å². The molecule has 4 aliphatic rings. The van der Waals surface area contributed by atoms with Crippen LogP contribution in [0.5, 0.6) is 11.5 Å². The number of benzene rings is 4. The first-order valence-electron chi connectivity index (χ1n) is 26.4. The lowest BCUT2D eigenvalue weighted by molar-refractivity contribution is 0.0537. The summed E-state index contributed by atoms with van der Waals surface area (Å²) in [6.45, 7) is 8.74. The maximum Gasteiger partial charge on any atom is 0.274 e. The number of amides is 2. The number of carbonyl (C=O) groups excluding carboxylic acids is 4. The summed E-state index contributed by atoms with van der Waals surface area (Å²) in [5.74, 6) is -5.17. The average molecular weight is 1090 g/mol. The van der Waals surface area contributed by atoms with Crippen LogP contribution in [-0.2, 0) is 41.9 Å². The van der Waals surface area contributed by atoms with Crippen LogP contribution < -0.4 is 20.3 Å². The first-order chi connectivity index (χ1) is 37.8. The molecular formula is C61H62F4N4O10. The average Bonchev–Trinajstić information content (AvgIpc) is 2.56. The Morgan fingerprint density at radius 3 is 1.38 bits per heavy atom. The van der Waals surface area contributed by atoms with Crippen LogP contribution in [0, 0.1) is 35.1 Å². The number of pyridine rings is 2. The van der Waals surface area contributed by atoms with Crippen molar-refractivity contribution >= 4 is 23.4 Å². The second-order valence-corrected chi connectivity index (χ2v) is 21.4. The van der Waals surface area contributed by atoms with Crippen molar-refractivity contribution in [3.05, 3.63) is 198 Å². The molecule has 4 atom stereocenters. The largest absolute Gasteiger partial charge is 0.483 e. The summed E-state index contributed by atoms with van der Waals surface area (Å²) in [5, 5.41) is 10.0.